The molecular formula is C22H17NO3. The molecule has 26 heavy (non-hydrogen) atoms. The fourth-order valence-corrected chi connectivity index (χ4v) is 3.33. The van der Waals surface area contributed by atoms with Crippen molar-refractivity contribution in [2.45, 2.75) is 6.42 Å². The molecule has 0 saturated heterocycles. The van der Waals surface area contributed by atoms with E-state index in [9.17, 15) is 9.59 Å². The number of aromatic amines is 1. The van der Waals surface area contributed by atoms with E-state index in [1.165, 1.54) is 0 Å². The highest BCUT2D eigenvalue weighted by molar-refractivity contribution is 6.18. The van der Waals surface area contributed by atoms with Crippen LogP contribution in [0.4, 0.5) is 0 Å². The van der Waals surface area contributed by atoms with Crippen molar-refractivity contribution in [1.82, 2.24) is 4.98 Å². The molecule has 0 radical (unpaired) electrons. The first kappa shape index (κ1) is 16.1. The van der Waals surface area contributed by atoms with Gasteiger partial charge in [0.2, 0.25) is 0 Å². The van der Waals surface area contributed by atoms with Gasteiger partial charge in [0, 0.05) is 28.6 Å². The van der Waals surface area contributed by atoms with Crippen molar-refractivity contribution in [3.05, 3.63) is 83.6 Å². The fourth-order valence-electron chi connectivity index (χ4n) is 3.33. The summed E-state index contributed by atoms with van der Waals surface area (Å²) in [5.41, 5.74) is 2.97. The van der Waals surface area contributed by atoms with Crippen molar-refractivity contribution in [1.29, 1.82) is 0 Å². The van der Waals surface area contributed by atoms with E-state index < -0.39 is 0 Å². The summed E-state index contributed by atoms with van der Waals surface area (Å²) in [4.78, 5) is 27.0. The average molecular weight is 343 g/mol. The van der Waals surface area contributed by atoms with E-state index in [1.807, 2.05) is 66.7 Å². The summed E-state index contributed by atoms with van der Waals surface area (Å²) < 4.78 is 4.82. The van der Waals surface area contributed by atoms with Gasteiger partial charge in [-0.1, -0.05) is 54.6 Å². The van der Waals surface area contributed by atoms with Crippen LogP contribution in [0.1, 0.15) is 21.6 Å². The van der Waals surface area contributed by atoms with E-state index in [1.54, 1.807) is 0 Å². The second-order valence-electron chi connectivity index (χ2n) is 6.13. The second-order valence-corrected chi connectivity index (χ2v) is 6.13. The molecule has 4 heteroatoms. The maximum atomic E-state index is 13.3. The van der Waals surface area contributed by atoms with E-state index >= 15 is 0 Å². The monoisotopic (exact) mass is 343 g/mol. The van der Waals surface area contributed by atoms with Crippen molar-refractivity contribution >= 4 is 33.9 Å². The summed E-state index contributed by atoms with van der Waals surface area (Å²) in [7, 11) is 0. The van der Waals surface area contributed by atoms with Crippen LogP contribution >= 0.6 is 0 Å². The first-order valence-corrected chi connectivity index (χ1v) is 8.46. The lowest BCUT2D eigenvalue weighted by Crippen LogP contribution is -2.07. The van der Waals surface area contributed by atoms with Gasteiger partial charge in [0.25, 0.3) is 6.47 Å². The van der Waals surface area contributed by atoms with E-state index in [-0.39, 0.29) is 12.4 Å². The second kappa shape index (κ2) is 6.84. The summed E-state index contributed by atoms with van der Waals surface area (Å²) >= 11 is 0. The molecule has 0 aliphatic carbocycles. The van der Waals surface area contributed by atoms with Crippen molar-refractivity contribution < 1.29 is 14.3 Å². The number of rotatable bonds is 6. The van der Waals surface area contributed by atoms with Crippen molar-refractivity contribution in [2.75, 3.05) is 6.61 Å². The number of hydrogen-bond donors (Lipinski definition) is 1. The van der Waals surface area contributed by atoms with E-state index in [0.717, 1.165) is 27.4 Å². The van der Waals surface area contributed by atoms with Crippen LogP contribution in [0.25, 0.3) is 21.7 Å². The third-order valence-corrected chi connectivity index (χ3v) is 4.56. The molecule has 128 valence electrons. The Morgan fingerprint density at radius 1 is 0.962 bits per heavy atom. The van der Waals surface area contributed by atoms with Crippen LogP contribution < -0.4 is 0 Å². The van der Waals surface area contributed by atoms with E-state index in [0.29, 0.717) is 24.0 Å². The smallest absolute Gasteiger partial charge is 0.293 e. The zero-order chi connectivity index (χ0) is 17.9. The molecule has 4 aromatic rings. The number of hydrogen-bond acceptors (Lipinski definition) is 3. The van der Waals surface area contributed by atoms with Gasteiger partial charge >= 0.3 is 0 Å². The Hall–Kier alpha value is -3.40. The molecule has 1 heterocycles. The quantitative estimate of drug-likeness (QED) is 0.323. The molecule has 0 fully saturated rings. The van der Waals surface area contributed by atoms with Crippen LogP contribution in [0, 0.1) is 0 Å². The molecule has 0 amide bonds. The van der Waals surface area contributed by atoms with Gasteiger partial charge in [0.1, 0.15) is 0 Å². The van der Waals surface area contributed by atoms with Crippen molar-refractivity contribution in [3.8, 4) is 0 Å². The van der Waals surface area contributed by atoms with E-state index in [4.69, 9.17) is 4.74 Å². The molecule has 0 bridgehead atoms. The number of nitrogens with one attached hydrogen (secondary N) is 1. The average Bonchev–Trinajstić information content (AvgIpc) is 3.05. The lowest BCUT2D eigenvalue weighted by Gasteiger charge is -2.06. The molecule has 0 aliphatic rings. The summed E-state index contributed by atoms with van der Waals surface area (Å²) in [6.45, 7) is 0.655. The van der Waals surface area contributed by atoms with Gasteiger partial charge in [-0.05, 0) is 22.9 Å². The SMILES string of the molecule is O=COCCc1[nH]c2ccccc2c1C(=O)c1ccc2ccccc2c1. The Morgan fingerprint density at radius 3 is 2.58 bits per heavy atom. The van der Waals surface area contributed by atoms with Gasteiger partial charge in [-0.3, -0.25) is 9.59 Å². The summed E-state index contributed by atoms with van der Waals surface area (Å²) in [5, 5.41) is 3.01. The number of carbonyl (C=O) groups is 2. The van der Waals surface area contributed by atoms with Crippen LogP contribution in [0.15, 0.2) is 66.7 Å². The number of aromatic nitrogens is 1. The predicted octanol–water partition coefficient (Wildman–Crippen LogP) is 4.27. The first-order chi connectivity index (χ1) is 12.8. The topological polar surface area (TPSA) is 59.2 Å². The third-order valence-electron chi connectivity index (χ3n) is 4.56. The number of fused-ring (bicyclic) bond motifs is 2. The molecule has 4 rings (SSSR count). The number of ether oxygens (including phenoxy) is 1. The van der Waals surface area contributed by atoms with Gasteiger partial charge in [0.05, 0.1) is 12.2 Å². The highest BCUT2D eigenvalue weighted by Gasteiger charge is 2.20. The van der Waals surface area contributed by atoms with Crippen LogP contribution in [-0.2, 0) is 16.0 Å². The zero-order valence-corrected chi connectivity index (χ0v) is 14.1. The molecule has 0 saturated carbocycles. The maximum absolute atomic E-state index is 13.3. The molecule has 4 nitrogen and oxygen atoms in total. The lowest BCUT2D eigenvalue weighted by molar-refractivity contribution is -0.128. The number of ketones is 1. The Morgan fingerprint density at radius 2 is 1.73 bits per heavy atom. The van der Waals surface area contributed by atoms with Gasteiger partial charge in [-0.25, -0.2) is 0 Å². The summed E-state index contributed by atoms with van der Waals surface area (Å²) in [5.74, 6) is -0.0330. The maximum Gasteiger partial charge on any atom is 0.293 e. The Bertz CT molecular complexity index is 1110. The lowest BCUT2D eigenvalue weighted by atomic mass is 9.97. The number of para-hydroxylation sites is 1. The number of benzene rings is 3. The Kier molecular flexibility index (Phi) is 4.23. The van der Waals surface area contributed by atoms with Crippen LogP contribution in [-0.4, -0.2) is 23.8 Å². The van der Waals surface area contributed by atoms with Crippen LogP contribution in [0.2, 0.25) is 0 Å². The summed E-state index contributed by atoms with van der Waals surface area (Å²) in [6.07, 6.45) is 0.460. The Balaban J connectivity index is 1.81. The minimum Gasteiger partial charge on any atom is -0.467 e. The Labute approximate surface area is 150 Å². The third kappa shape index (κ3) is 2.86. The molecule has 0 aliphatic heterocycles. The highest BCUT2D eigenvalue weighted by atomic mass is 16.5. The number of carbonyl (C=O) groups excluding carboxylic acids is 2. The normalized spacial score (nSPS) is 10.9. The van der Waals surface area contributed by atoms with Gasteiger partial charge in [-0.15, -0.1) is 0 Å². The number of H-pyrrole nitrogens is 1. The molecule has 0 unspecified atom stereocenters. The molecule has 1 N–H and O–H groups in total. The highest BCUT2D eigenvalue weighted by Crippen LogP contribution is 2.27. The molecular weight excluding hydrogens is 326 g/mol. The van der Waals surface area contributed by atoms with Crippen molar-refractivity contribution in [3.63, 3.8) is 0 Å². The molecule has 0 spiro atoms. The minimum absolute atomic E-state index is 0.0330. The predicted molar refractivity (Wildman–Crippen MR) is 101 cm³/mol. The van der Waals surface area contributed by atoms with Gasteiger partial charge < -0.3 is 9.72 Å². The largest absolute Gasteiger partial charge is 0.467 e. The zero-order valence-electron chi connectivity index (χ0n) is 14.1. The van der Waals surface area contributed by atoms with Crippen molar-refractivity contribution in [2.24, 2.45) is 0 Å². The molecule has 0 atom stereocenters. The van der Waals surface area contributed by atoms with E-state index in [2.05, 4.69) is 4.98 Å². The molecule has 1 aromatic heterocycles. The molecule has 3 aromatic carbocycles. The van der Waals surface area contributed by atoms with Crippen LogP contribution in [0.3, 0.4) is 0 Å². The van der Waals surface area contributed by atoms with Gasteiger partial charge in [-0.2, -0.15) is 0 Å². The minimum atomic E-state index is -0.0330. The summed E-state index contributed by atoms with van der Waals surface area (Å²) in [6, 6.07) is 21.4. The standard InChI is InChI=1S/C22H17NO3/c24-14-26-12-11-20-21(18-7-3-4-8-19(18)23-20)22(25)17-10-9-15-5-1-2-6-16(15)13-17/h1-10,13-14,23H,11-12H2. The first-order valence-electron chi connectivity index (χ1n) is 8.46. The van der Waals surface area contributed by atoms with Gasteiger partial charge in [0.15, 0.2) is 5.78 Å². The van der Waals surface area contributed by atoms with Crippen LogP contribution in [0.5, 0.6) is 0 Å². The fraction of sp³-hybridized carbons (Fsp3) is 0.0909.